The molecule has 0 radical (unpaired) electrons. The molecule has 0 saturated heterocycles. The lowest BCUT2D eigenvalue weighted by Gasteiger charge is -2.12. The normalized spacial score (nSPS) is 11.8. The van der Waals surface area contributed by atoms with Crippen LogP contribution in [0.15, 0.2) is 36.5 Å². The number of amides is 1. The molecular formula is C18H20F2N2O2. The van der Waals surface area contributed by atoms with Crippen LogP contribution in [0.5, 0.6) is 11.6 Å². The highest BCUT2D eigenvalue weighted by atomic mass is 19.1. The first-order chi connectivity index (χ1) is 11.5. The molecule has 1 atom stereocenters. The van der Waals surface area contributed by atoms with Gasteiger partial charge in [-0.2, -0.15) is 0 Å². The Bertz CT molecular complexity index is 707. The van der Waals surface area contributed by atoms with E-state index in [-0.39, 0.29) is 24.1 Å². The fourth-order valence-electron chi connectivity index (χ4n) is 2.04. The van der Waals surface area contributed by atoms with E-state index in [9.17, 15) is 13.6 Å². The zero-order chi connectivity index (χ0) is 17.5. The highest BCUT2D eigenvalue weighted by Crippen LogP contribution is 2.26. The van der Waals surface area contributed by atoms with Crippen LogP contribution >= 0.6 is 0 Å². The Morgan fingerprint density at radius 1 is 1.33 bits per heavy atom. The summed E-state index contributed by atoms with van der Waals surface area (Å²) < 4.78 is 32.1. The van der Waals surface area contributed by atoms with Crippen molar-refractivity contribution in [2.75, 3.05) is 0 Å². The zero-order valence-electron chi connectivity index (χ0n) is 13.7. The second kappa shape index (κ2) is 8.38. The van der Waals surface area contributed by atoms with Gasteiger partial charge in [-0.15, -0.1) is 0 Å². The minimum absolute atomic E-state index is 0.0629. The summed E-state index contributed by atoms with van der Waals surface area (Å²) in [4.78, 5) is 15.9. The maximum Gasteiger partial charge on any atom is 0.224 e. The van der Waals surface area contributed by atoms with Crippen LogP contribution < -0.4 is 10.1 Å². The van der Waals surface area contributed by atoms with Crippen molar-refractivity contribution in [2.45, 2.75) is 33.2 Å². The molecule has 4 nitrogen and oxygen atoms in total. The van der Waals surface area contributed by atoms with Crippen LogP contribution in [0.3, 0.4) is 0 Å². The van der Waals surface area contributed by atoms with Gasteiger partial charge in [-0.25, -0.2) is 13.8 Å². The van der Waals surface area contributed by atoms with Gasteiger partial charge >= 0.3 is 0 Å². The number of nitrogens with one attached hydrogen (secondary N) is 1. The number of pyridine rings is 1. The highest BCUT2D eigenvalue weighted by Gasteiger charge is 2.12. The second-order valence-corrected chi connectivity index (χ2v) is 5.64. The number of nitrogens with zero attached hydrogens (tertiary/aromatic N) is 1. The van der Waals surface area contributed by atoms with Crippen molar-refractivity contribution in [2.24, 2.45) is 5.92 Å². The maximum atomic E-state index is 13.7. The summed E-state index contributed by atoms with van der Waals surface area (Å²) in [5.74, 6) is -1.20. The summed E-state index contributed by atoms with van der Waals surface area (Å²) in [6, 6.07) is 6.47. The standard InChI is InChI=1S/C18H20F2N2O2/c1-3-12(2)9-17(23)22-11-13-5-4-8-21-18(13)24-16-7-6-14(19)10-15(16)20/h4-8,10,12H,3,9,11H2,1-2H3,(H,22,23)/t12-/m1/s1. The van der Waals surface area contributed by atoms with Gasteiger partial charge in [0.05, 0.1) is 0 Å². The van der Waals surface area contributed by atoms with Gasteiger partial charge in [-0.1, -0.05) is 26.3 Å². The topological polar surface area (TPSA) is 51.2 Å². The molecule has 2 aromatic rings. The van der Waals surface area contributed by atoms with Crippen LogP contribution in [0.2, 0.25) is 0 Å². The predicted molar refractivity (Wildman–Crippen MR) is 86.6 cm³/mol. The SMILES string of the molecule is CC[C@@H](C)CC(=O)NCc1cccnc1Oc1ccc(F)cc1F. The first-order valence-corrected chi connectivity index (χ1v) is 7.83. The van der Waals surface area contributed by atoms with Gasteiger partial charge in [0.1, 0.15) is 5.82 Å². The molecule has 0 aliphatic carbocycles. The van der Waals surface area contributed by atoms with Gasteiger partial charge in [-0.3, -0.25) is 4.79 Å². The van der Waals surface area contributed by atoms with Crippen LogP contribution in [-0.2, 0) is 11.3 Å². The molecule has 0 saturated carbocycles. The minimum Gasteiger partial charge on any atom is -0.436 e. The van der Waals surface area contributed by atoms with Crippen molar-refractivity contribution in [3.63, 3.8) is 0 Å². The van der Waals surface area contributed by atoms with Gasteiger partial charge < -0.3 is 10.1 Å². The first-order valence-electron chi connectivity index (χ1n) is 7.83. The van der Waals surface area contributed by atoms with E-state index in [2.05, 4.69) is 10.3 Å². The number of carbonyl (C=O) groups excluding carboxylic acids is 1. The van der Waals surface area contributed by atoms with Crippen molar-refractivity contribution in [3.05, 3.63) is 53.7 Å². The van der Waals surface area contributed by atoms with Crippen molar-refractivity contribution in [1.29, 1.82) is 0 Å². The van der Waals surface area contributed by atoms with E-state index in [4.69, 9.17) is 4.74 Å². The molecule has 0 fully saturated rings. The number of carbonyl (C=O) groups is 1. The number of halogens is 2. The lowest BCUT2D eigenvalue weighted by molar-refractivity contribution is -0.122. The first kappa shape index (κ1) is 17.8. The molecular weight excluding hydrogens is 314 g/mol. The Morgan fingerprint density at radius 2 is 2.12 bits per heavy atom. The van der Waals surface area contributed by atoms with Crippen molar-refractivity contribution in [1.82, 2.24) is 10.3 Å². The van der Waals surface area contributed by atoms with Gasteiger partial charge in [0.15, 0.2) is 11.6 Å². The number of benzene rings is 1. The molecule has 6 heteroatoms. The molecule has 1 N–H and O–H groups in total. The number of ether oxygens (including phenoxy) is 1. The molecule has 2 rings (SSSR count). The Kier molecular flexibility index (Phi) is 6.23. The highest BCUT2D eigenvalue weighted by molar-refractivity contribution is 5.76. The van der Waals surface area contributed by atoms with Gasteiger partial charge in [0.25, 0.3) is 0 Å². The summed E-state index contributed by atoms with van der Waals surface area (Å²) >= 11 is 0. The van der Waals surface area contributed by atoms with E-state index in [1.807, 2.05) is 13.8 Å². The molecule has 1 aromatic carbocycles. The maximum absolute atomic E-state index is 13.7. The van der Waals surface area contributed by atoms with E-state index in [0.717, 1.165) is 18.6 Å². The average molecular weight is 334 g/mol. The molecule has 0 aliphatic heterocycles. The predicted octanol–water partition coefficient (Wildman–Crippen LogP) is 4.20. The van der Waals surface area contributed by atoms with Crippen LogP contribution in [0.4, 0.5) is 8.78 Å². The van der Waals surface area contributed by atoms with E-state index in [1.54, 1.807) is 12.1 Å². The lowest BCUT2D eigenvalue weighted by atomic mass is 10.1. The molecule has 1 heterocycles. The van der Waals surface area contributed by atoms with Crippen LogP contribution in [0.1, 0.15) is 32.3 Å². The van der Waals surface area contributed by atoms with E-state index >= 15 is 0 Å². The van der Waals surface area contributed by atoms with E-state index in [1.165, 1.54) is 12.3 Å². The second-order valence-electron chi connectivity index (χ2n) is 5.64. The molecule has 0 aliphatic rings. The Balaban J connectivity index is 2.06. The molecule has 24 heavy (non-hydrogen) atoms. The van der Waals surface area contributed by atoms with Gasteiger partial charge in [-0.05, 0) is 24.1 Å². The molecule has 0 spiro atoms. The molecule has 0 bridgehead atoms. The van der Waals surface area contributed by atoms with Crippen molar-refractivity contribution >= 4 is 5.91 Å². The molecule has 1 aromatic heterocycles. The summed E-state index contributed by atoms with van der Waals surface area (Å²) in [6.45, 7) is 4.26. The molecule has 128 valence electrons. The van der Waals surface area contributed by atoms with Crippen LogP contribution in [-0.4, -0.2) is 10.9 Å². The fraction of sp³-hybridized carbons (Fsp3) is 0.333. The van der Waals surface area contributed by atoms with Gasteiger partial charge in [0, 0.05) is 30.8 Å². The van der Waals surface area contributed by atoms with Crippen LogP contribution in [0.25, 0.3) is 0 Å². The summed E-state index contributed by atoms with van der Waals surface area (Å²) in [6.07, 6.45) is 2.87. The number of hydrogen-bond acceptors (Lipinski definition) is 3. The average Bonchev–Trinajstić information content (AvgIpc) is 2.56. The smallest absolute Gasteiger partial charge is 0.224 e. The Morgan fingerprint density at radius 3 is 2.83 bits per heavy atom. The minimum atomic E-state index is -0.813. The van der Waals surface area contributed by atoms with E-state index in [0.29, 0.717) is 17.9 Å². The fourth-order valence-corrected chi connectivity index (χ4v) is 2.04. The molecule has 0 unspecified atom stereocenters. The molecule has 1 amide bonds. The summed E-state index contributed by atoms with van der Waals surface area (Å²) in [5, 5.41) is 2.80. The number of rotatable bonds is 7. The van der Waals surface area contributed by atoms with Crippen molar-refractivity contribution < 1.29 is 18.3 Å². The lowest BCUT2D eigenvalue weighted by Crippen LogP contribution is -2.24. The van der Waals surface area contributed by atoms with Gasteiger partial charge in [0.2, 0.25) is 11.8 Å². The van der Waals surface area contributed by atoms with Crippen molar-refractivity contribution in [3.8, 4) is 11.6 Å². The third-order valence-electron chi connectivity index (χ3n) is 3.66. The third-order valence-corrected chi connectivity index (χ3v) is 3.66. The Hall–Kier alpha value is -2.50. The third kappa shape index (κ3) is 5.01. The number of aromatic nitrogens is 1. The number of hydrogen-bond donors (Lipinski definition) is 1. The summed E-state index contributed by atoms with van der Waals surface area (Å²) in [7, 11) is 0. The quantitative estimate of drug-likeness (QED) is 0.825. The van der Waals surface area contributed by atoms with Crippen LogP contribution in [0, 0.1) is 17.6 Å². The zero-order valence-corrected chi connectivity index (χ0v) is 13.7. The summed E-state index contributed by atoms with van der Waals surface area (Å²) in [5.41, 5.74) is 0.610. The Labute approximate surface area is 139 Å². The largest absolute Gasteiger partial charge is 0.436 e. The van der Waals surface area contributed by atoms with E-state index < -0.39 is 11.6 Å². The monoisotopic (exact) mass is 334 g/mol.